The van der Waals surface area contributed by atoms with Crippen molar-refractivity contribution in [1.82, 2.24) is 14.5 Å². The van der Waals surface area contributed by atoms with Gasteiger partial charge in [-0.05, 0) is 24.2 Å². The van der Waals surface area contributed by atoms with E-state index in [1.54, 1.807) is 0 Å². The van der Waals surface area contributed by atoms with Crippen LogP contribution in [0.2, 0.25) is 0 Å². The summed E-state index contributed by atoms with van der Waals surface area (Å²) in [5.74, 6) is 4.33. The number of imidazole rings is 1. The van der Waals surface area contributed by atoms with E-state index in [1.807, 2.05) is 18.0 Å². The zero-order valence-electron chi connectivity index (χ0n) is 15.0. The highest BCUT2D eigenvalue weighted by atomic mass is 32.2. The van der Waals surface area contributed by atoms with Crippen LogP contribution in [0.5, 0.6) is 0 Å². The molecule has 3 aromatic rings. The summed E-state index contributed by atoms with van der Waals surface area (Å²) in [5.41, 5.74) is 3.36. The van der Waals surface area contributed by atoms with Crippen molar-refractivity contribution in [3.05, 3.63) is 36.3 Å². The fraction of sp³-hybridized carbons (Fsp3) is 0.500. The SMILES string of the molecule is CCCCc1nc2cnc3ccccc3c2n1CCSCC(C)C. The van der Waals surface area contributed by atoms with Crippen molar-refractivity contribution < 1.29 is 0 Å². The van der Waals surface area contributed by atoms with Crippen LogP contribution < -0.4 is 0 Å². The molecule has 128 valence electrons. The van der Waals surface area contributed by atoms with E-state index in [2.05, 4.69) is 54.6 Å². The van der Waals surface area contributed by atoms with Crippen molar-refractivity contribution in [2.45, 2.75) is 46.6 Å². The van der Waals surface area contributed by atoms with Gasteiger partial charge in [0.25, 0.3) is 0 Å². The average Bonchev–Trinajstić information content (AvgIpc) is 2.94. The molecule has 3 rings (SSSR count). The van der Waals surface area contributed by atoms with Crippen LogP contribution in [-0.2, 0) is 13.0 Å². The molecule has 0 N–H and O–H groups in total. The fourth-order valence-corrected chi connectivity index (χ4v) is 4.00. The molecule has 0 bridgehead atoms. The molecule has 0 amide bonds. The Labute approximate surface area is 148 Å². The van der Waals surface area contributed by atoms with Gasteiger partial charge >= 0.3 is 0 Å². The molecule has 0 saturated heterocycles. The molecule has 0 atom stereocenters. The number of pyridine rings is 1. The number of nitrogens with zero attached hydrogens (tertiary/aromatic N) is 3. The molecular formula is C20H27N3S. The molecule has 0 spiro atoms. The van der Waals surface area contributed by atoms with Crippen LogP contribution >= 0.6 is 11.8 Å². The quantitative estimate of drug-likeness (QED) is 0.520. The number of rotatable bonds is 8. The third-order valence-electron chi connectivity index (χ3n) is 4.22. The van der Waals surface area contributed by atoms with Gasteiger partial charge in [-0.2, -0.15) is 11.8 Å². The molecule has 1 aromatic carbocycles. The van der Waals surface area contributed by atoms with Crippen LogP contribution in [0.15, 0.2) is 30.5 Å². The van der Waals surface area contributed by atoms with Crippen molar-refractivity contribution in [3.8, 4) is 0 Å². The maximum absolute atomic E-state index is 4.91. The number of benzene rings is 1. The molecule has 0 aliphatic carbocycles. The molecule has 0 saturated carbocycles. The van der Waals surface area contributed by atoms with E-state index in [1.165, 1.54) is 35.3 Å². The van der Waals surface area contributed by atoms with Crippen molar-refractivity contribution in [3.63, 3.8) is 0 Å². The van der Waals surface area contributed by atoms with E-state index >= 15 is 0 Å². The minimum Gasteiger partial charge on any atom is -0.327 e. The Hall–Kier alpha value is -1.55. The van der Waals surface area contributed by atoms with E-state index in [0.717, 1.165) is 35.7 Å². The zero-order valence-corrected chi connectivity index (χ0v) is 15.8. The third kappa shape index (κ3) is 3.75. The minimum atomic E-state index is 0.749. The fourth-order valence-electron chi connectivity index (χ4n) is 3.05. The molecular weight excluding hydrogens is 314 g/mol. The first-order chi connectivity index (χ1) is 11.7. The van der Waals surface area contributed by atoms with Gasteiger partial charge in [-0.1, -0.05) is 45.4 Å². The van der Waals surface area contributed by atoms with Gasteiger partial charge in [0.2, 0.25) is 0 Å². The highest BCUT2D eigenvalue weighted by Gasteiger charge is 2.13. The molecule has 3 nitrogen and oxygen atoms in total. The lowest BCUT2D eigenvalue weighted by Gasteiger charge is -2.11. The highest BCUT2D eigenvalue weighted by molar-refractivity contribution is 7.99. The van der Waals surface area contributed by atoms with Gasteiger partial charge in [0.05, 0.1) is 17.2 Å². The predicted molar refractivity (Wildman–Crippen MR) is 106 cm³/mol. The Morgan fingerprint density at radius 2 is 2.00 bits per heavy atom. The molecule has 24 heavy (non-hydrogen) atoms. The first kappa shape index (κ1) is 17.3. The third-order valence-corrected chi connectivity index (χ3v) is 5.60. The lowest BCUT2D eigenvalue weighted by molar-refractivity contribution is 0.678. The molecule has 0 fully saturated rings. The Morgan fingerprint density at radius 1 is 1.17 bits per heavy atom. The van der Waals surface area contributed by atoms with Gasteiger partial charge in [-0.25, -0.2) is 4.98 Å². The molecule has 0 aliphatic heterocycles. The number of fused-ring (bicyclic) bond motifs is 3. The van der Waals surface area contributed by atoms with Crippen LogP contribution in [0.25, 0.3) is 21.9 Å². The summed E-state index contributed by atoms with van der Waals surface area (Å²) in [4.78, 5) is 9.49. The first-order valence-corrected chi connectivity index (χ1v) is 10.2. The van der Waals surface area contributed by atoms with Crippen molar-refractivity contribution in [2.24, 2.45) is 5.92 Å². The van der Waals surface area contributed by atoms with Crippen molar-refractivity contribution in [1.29, 1.82) is 0 Å². The molecule has 2 aromatic heterocycles. The van der Waals surface area contributed by atoms with Crippen LogP contribution in [0.3, 0.4) is 0 Å². The van der Waals surface area contributed by atoms with E-state index in [4.69, 9.17) is 4.98 Å². The lowest BCUT2D eigenvalue weighted by atomic mass is 10.2. The van der Waals surface area contributed by atoms with Crippen molar-refractivity contribution >= 4 is 33.7 Å². The number of aromatic nitrogens is 3. The number of hydrogen-bond acceptors (Lipinski definition) is 3. The number of thioether (sulfide) groups is 1. The first-order valence-electron chi connectivity index (χ1n) is 9.01. The average molecular weight is 342 g/mol. The Bertz CT molecular complexity index is 807. The van der Waals surface area contributed by atoms with Gasteiger partial charge in [0.1, 0.15) is 11.3 Å². The second-order valence-corrected chi connectivity index (χ2v) is 7.91. The summed E-state index contributed by atoms with van der Waals surface area (Å²) in [7, 11) is 0. The molecule has 2 heterocycles. The zero-order chi connectivity index (χ0) is 16.9. The number of unbranched alkanes of at least 4 members (excludes halogenated alkanes) is 1. The second-order valence-electron chi connectivity index (χ2n) is 6.76. The number of aryl methyl sites for hydroxylation is 2. The van der Waals surface area contributed by atoms with Crippen LogP contribution in [0.4, 0.5) is 0 Å². The summed E-state index contributed by atoms with van der Waals surface area (Å²) in [6.45, 7) is 7.83. The summed E-state index contributed by atoms with van der Waals surface area (Å²) in [6, 6.07) is 8.41. The topological polar surface area (TPSA) is 30.7 Å². The largest absolute Gasteiger partial charge is 0.327 e. The normalized spacial score (nSPS) is 11.8. The van der Waals surface area contributed by atoms with E-state index in [-0.39, 0.29) is 0 Å². The standard InChI is InChI=1S/C20H27N3S/c1-4-5-10-19-22-18-13-21-17-9-7-6-8-16(17)20(18)23(19)11-12-24-14-15(2)3/h6-9,13,15H,4-5,10-12,14H2,1-3H3. The van der Waals surface area contributed by atoms with Gasteiger partial charge in [0.15, 0.2) is 0 Å². The van der Waals surface area contributed by atoms with E-state index < -0.39 is 0 Å². The minimum absolute atomic E-state index is 0.749. The lowest BCUT2D eigenvalue weighted by Crippen LogP contribution is -2.07. The Kier molecular flexibility index (Phi) is 5.77. The highest BCUT2D eigenvalue weighted by Crippen LogP contribution is 2.26. The van der Waals surface area contributed by atoms with Crippen LogP contribution in [-0.4, -0.2) is 26.0 Å². The maximum Gasteiger partial charge on any atom is 0.109 e. The van der Waals surface area contributed by atoms with Gasteiger partial charge in [0, 0.05) is 24.1 Å². The second kappa shape index (κ2) is 8.02. The van der Waals surface area contributed by atoms with Gasteiger partial charge < -0.3 is 4.57 Å². The summed E-state index contributed by atoms with van der Waals surface area (Å²) < 4.78 is 2.45. The van der Waals surface area contributed by atoms with E-state index in [9.17, 15) is 0 Å². The molecule has 4 heteroatoms. The number of hydrogen-bond donors (Lipinski definition) is 0. The van der Waals surface area contributed by atoms with Gasteiger partial charge in [-0.15, -0.1) is 0 Å². The number of para-hydroxylation sites is 1. The monoisotopic (exact) mass is 341 g/mol. The Morgan fingerprint density at radius 3 is 2.79 bits per heavy atom. The smallest absolute Gasteiger partial charge is 0.109 e. The van der Waals surface area contributed by atoms with Crippen LogP contribution in [0.1, 0.15) is 39.4 Å². The predicted octanol–water partition coefficient (Wildman–Crippen LogP) is 5.32. The molecule has 0 radical (unpaired) electrons. The summed E-state index contributed by atoms with van der Waals surface area (Å²) in [5, 5.41) is 1.22. The summed E-state index contributed by atoms with van der Waals surface area (Å²) in [6.07, 6.45) is 5.37. The van der Waals surface area contributed by atoms with Crippen molar-refractivity contribution in [2.75, 3.05) is 11.5 Å². The Balaban J connectivity index is 1.98. The summed E-state index contributed by atoms with van der Waals surface area (Å²) >= 11 is 2.04. The molecule has 0 aliphatic rings. The van der Waals surface area contributed by atoms with Crippen LogP contribution in [0, 0.1) is 5.92 Å². The maximum atomic E-state index is 4.91. The van der Waals surface area contributed by atoms with E-state index in [0.29, 0.717) is 0 Å². The molecule has 0 unspecified atom stereocenters. The van der Waals surface area contributed by atoms with Gasteiger partial charge in [-0.3, -0.25) is 4.98 Å².